The minimum atomic E-state index is -4.51. The van der Waals surface area contributed by atoms with Crippen LogP contribution in [0.15, 0.2) is 30.7 Å². The molecule has 0 bridgehead atoms. The molecule has 26 heavy (non-hydrogen) atoms. The summed E-state index contributed by atoms with van der Waals surface area (Å²) < 4.78 is 53.0. The van der Waals surface area contributed by atoms with Gasteiger partial charge in [-0.15, -0.1) is 11.3 Å². The highest BCUT2D eigenvalue weighted by Crippen LogP contribution is 2.34. The number of hydrogen-bond acceptors (Lipinski definition) is 6. The Balaban J connectivity index is 2.28. The lowest BCUT2D eigenvalue weighted by Gasteiger charge is -2.13. The van der Waals surface area contributed by atoms with Crippen molar-refractivity contribution in [1.82, 2.24) is 4.98 Å². The molecule has 2 aromatic rings. The lowest BCUT2D eigenvalue weighted by Crippen LogP contribution is -2.07. The molecule has 1 heterocycles. The molecule has 0 aliphatic heterocycles. The SMILES string of the molecule is COC=C(C(=O)OC)c1cc(Cl)ccc1OCc1cnc(C(F)(F)F)s1. The van der Waals surface area contributed by atoms with Crippen LogP contribution in [0.3, 0.4) is 0 Å². The number of thiazole rings is 1. The zero-order valence-corrected chi connectivity index (χ0v) is 15.2. The third-order valence-electron chi connectivity index (χ3n) is 3.04. The van der Waals surface area contributed by atoms with Crippen LogP contribution in [0.1, 0.15) is 15.4 Å². The van der Waals surface area contributed by atoms with Gasteiger partial charge in [-0.3, -0.25) is 0 Å². The first-order valence-corrected chi connectivity index (χ1v) is 8.21. The summed E-state index contributed by atoms with van der Waals surface area (Å²) in [6.07, 6.45) is -2.25. The number of carbonyl (C=O) groups is 1. The molecule has 0 unspecified atom stereocenters. The molecule has 0 aliphatic rings. The van der Waals surface area contributed by atoms with Crippen molar-refractivity contribution in [2.75, 3.05) is 14.2 Å². The molecule has 5 nitrogen and oxygen atoms in total. The van der Waals surface area contributed by atoms with Gasteiger partial charge in [0.15, 0.2) is 5.01 Å². The summed E-state index contributed by atoms with van der Waals surface area (Å²) in [6.45, 7) is -0.163. The Kier molecular flexibility index (Phi) is 6.49. The highest BCUT2D eigenvalue weighted by Gasteiger charge is 2.34. The van der Waals surface area contributed by atoms with E-state index < -0.39 is 17.2 Å². The Morgan fingerprint density at radius 3 is 2.65 bits per heavy atom. The van der Waals surface area contributed by atoms with Gasteiger partial charge in [0.1, 0.15) is 17.9 Å². The molecular formula is C16H13ClF3NO4S. The number of ether oxygens (including phenoxy) is 3. The molecule has 0 aliphatic carbocycles. The molecule has 0 saturated carbocycles. The number of alkyl halides is 3. The second-order valence-corrected chi connectivity index (χ2v) is 6.37. The maximum atomic E-state index is 12.6. The van der Waals surface area contributed by atoms with Gasteiger partial charge in [0, 0.05) is 16.8 Å². The molecule has 0 atom stereocenters. The molecule has 0 saturated heterocycles. The Morgan fingerprint density at radius 2 is 2.08 bits per heavy atom. The minimum absolute atomic E-state index is 0.0489. The van der Waals surface area contributed by atoms with E-state index in [1.807, 2.05) is 0 Å². The average molecular weight is 408 g/mol. The summed E-state index contributed by atoms with van der Waals surface area (Å²) in [6, 6.07) is 4.48. The van der Waals surface area contributed by atoms with E-state index in [1.54, 1.807) is 0 Å². The molecule has 10 heteroatoms. The van der Waals surface area contributed by atoms with Gasteiger partial charge in [-0.25, -0.2) is 9.78 Å². The van der Waals surface area contributed by atoms with Crippen LogP contribution in [0.2, 0.25) is 5.02 Å². The molecule has 1 aromatic carbocycles. The largest absolute Gasteiger partial charge is 0.503 e. The number of nitrogens with zero attached hydrogens (tertiary/aromatic N) is 1. The van der Waals surface area contributed by atoms with Gasteiger partial charge in [-0.1, -0.05) is 11.6 Å². The van der Waals surface area contributed by atoms with Crippen molar-refractivity contribution in [2.24, 2.45) is 0 Å². The molecule has 0 spiro atoms. The second-order valence-electron chi connectivity index (χ2n) is 4.82. The van der Waals surface area contributed by atoms with Crippen molar-refractivity contribution >= 4 is 34.5 Å². The average Bonchev–Trinajstić information content (AvgIpc) is 3.07. The molecule has 0 amide bonds. The van der Waals surface area contributed by atoms with Crippen LogP contribution in [0, 0.1) is 0 Å². The van der Waals surface area contributed by atoms with E-state index in [1.165, 1.54) is 38.7 Å². The van der Waals surface area contributed by atoms with E-state index in [2.05, 4.69) is 4.98 Å². The van der Waals surface area contributed by atoms with Crippen molar-refractivity contribution < 1.29 is 32.2 Å². The van der Waals surface area contributed by atoms with Crippen LogP contribution in [0.4, 0.5) is 13.2 Å². The first kappa shape index (κ1) is 20.1. The lowest BCUT2D eigenvalue weighted by atomic mass is 10.1. The van der Waals surface area contributed by atoms with Crippen LogP contribution in [-0.4, -0.2) is 25.2 Å². The monoisotopic (exact) mass is 407 g/mol. The van der Waals surface area contributed by atoms with Crippen LogP contribution < -0.4 is 4.74 Å². The number of halogens is 4. The quantitative estimate of drug-likeness (QED) is 0.399. The normalized spacial score (nSPS) is 12.0. The Hall–Kier alpha value is -2.26. The Morgan fingerprint density at radius 1 is 1.35 bits per heavy atom. The van der Waals surface area contributed by atoms with Crippen molar-refractivity contribution in [2.45, 2.75) is 12.8 Å². The number of carbonyl (C=O) groups excluding carboxylic acids is 1. The molecule has 0 fully saturated rings. The van der Waals surface area contributed by atoms with E-state index >= 15 is 0 Å². The highest BCUT2D eigenvalue weighted by atomic mass is 35.5. The van der Waals surface area contributed by atoms with E-state index in [0.717, 1.165) is 6.20 Å². The summed E-state index contributed by atoms with van der Waals surface area (Å²) in [4.78, 5) is 15.6. The molecular weight excluding hydrogens is 395 g/mol. The van der Waals surface area contributed by atoms with Crippen molar-refractivity contribution in [3.05, 3.63) is 51.1 Å². The number of methoxy groups -OCH3 is 2. The van der Waals surface area contributed by atoms with Crippen LogP contribution in [-0.2, 0) is 27.1 Å². The van der Waals surface area contributed by atoms with E-state index in [4.69, 9.17) is 25.8 Å². The lowest BCUT2D eigenvalue weighted by molar-refractivity contribution is -0.137. The summed E-state index contributed by atoms with van der Waals surface area (Å²) in [5.74, 6) is -0.457. The highest BCUT2D eigenvalue weighted by molar-refractivity contribution is 7.11. The second kappa shape index (κ2) is 8.41. The Bertz CT molecular complexity index is 820. The topological polar surface area (TPSA) is 57.7 Å². The van der Waals surface area contributed by atoms with Gasteiger partial charge >= 0.3 is 12.1 Å². The van der Waals surface area contributed by atoms with Crippen LogP contribution >= 0.6 is 22.9 Å². The molecule has 0 N–H and O–H groups in total. The van der Waals surface area contributed by atoms with E-state index in [9.17, 15) is 18.0 Å². The fourth-order valence-corrected chi connectivity index (χ4v) is 2.81. The predicted molar refractivity (Wildman–Crippen MR) is 89.9 cm³/mol. The van der Waals surface area contributed by atoms with Crippen LogP contribution in [0.5, 0.6) is 5.75 Å². The first-order valence-electron chi connectivity index (χ1n) is 7.02. The summed E-state index contributed by atoms with van der Waals surface area (Å²) in [5.41, 5.74) is 0.333. The van der Waals surface area contributed by atoms with Crippen LogP contribution in [0.25, 0.3) is 5.57 Å². The number of benzene rings is 1. The predicted octanol–water partition coefficient (Wildman–Crippen LogP) is 4.55. The third-order valence-corrected chi connectivity index (χ3v) is 4.29. The number of aromatic nitrogens is 1. The van der Waals surface area contributed by atoms with Gasteiger partial charge in [0.05, 0.1) is 25.4 Å². The smallest absolute Gasteiger partial charge is 0.443 e. The maximum Gasteiger partial charge on any atom is 0.443 e. The fraction of sp³-hybridized carbons (Fsp3) is 0.250. The van der Waals surface area contributed by atoms with Crippen molar-refractivity contribution in [3.63, 3.8) is 0 Å². The van der Waals surface area contributed by atoms with Gasteiger partial charge in [-0.2, -0.15) is 13.2 Å². The third kappa shape index (κ3) is 4.89. The molecule has 0 radical (unpaired) electrons. The summed E-state index contributed by atoms with van der Waals surface area (Å²) in [7, 11) is 2.55. The van der Waals surface area contributed by atoms with Gasteiger partial charge in [-0.05, 0) is 18.2 Å². The number of hydrogen-bond donors (Lipinski definition) is 0. The van der Waals surface area contributed by atoms with E-state index in [0.29, 0.717) is 16.4 Å². The minimum Gasteiger partial charge on any atom is -0.503 e. The van der Waals surface area contributed by atoms with Gasteiger partial charge in [0.2, 0.25) is 0 Å². The van der Waals surface area contributed by atoms with E-state index in [-0.39, 0.29) is 28.4 Å². The van der Waals surface area contributed by atoms with Crippen molar-refractivity contribution in [3.8, 4) is 5.75 Å². The van der Waals surface area contributed by atoms with Crippen molar-refractivity contribution in [1.29, 1.82) is 0 Å². The zero-order valence-electron chi connectivity index (χ0n) is 13.6. The summed E-state index contributed by atoms with van der Waals surface area (Å²) in [5, 5.41) is -0.627. The van der Waals surface area contributed by atoms with Gasteiger partial charge < -0.3 is 14.2 Å². The number of rotatable bonds is 6. The molecule has 140 valence electrons. The molecule has 2 rings (SSSR count). The first-order chi connectivity index (χ1) is 12.3. The standard InChI is InChI=1S/C16H13ClF3NO4S/c1-23-8-12(14(22)24-2)11-5-9(17)3-4-13(11)25-7-10-6-21-15(26-10)16(18,19)20/h3-6,8H,7H2,1-2H3. The number of esters is 1. The maximum absolute atomic E-state index is 12.6. The zero-order chi connectivity index (χ0) is 19.3. The fourth-order valence-electron chi connectivity index (χ4n) is 1.94. The Labute approximate surface area is 156 Å². The van der Waals surface area contributed by atoms with Gasteiger partial charge in [0.25, 0.3) is 0 Å². The summed E-state index contributed by atoms with van der Waals surface area (Å²) >= 11 is 6.45. The molecule has 1 aromatic heterocycles.